The SMILES string of the molecule is Cc1ccc2c(C(CN)N(C)C)c(C)[nH]c2c1. The first kappa shape index (κ1) is 12.1. The number of aromatic nitrogens is 1. The van der Waals surface area contributed by atoms with E-state index in [4.69, 9.17) is 5.73 Å². The Morgan fingerprint density at radius 2 is 2.00 bits per heavy atom. The van der Waals surface area contributed by atoms with Gasteiger partial charge in [-0.2, -0.15) is 0 Å². The van der Waals surface area contributed by atoms with E-state index in [0.29, 0.717) is 6.54 Å². The maximum absolute atomic E-state index is 5.90. The fourth-order valence-electron chi connectivity index (χ4n) is 2.48. The van der Waals surface area contributed by atoms with Gasteiger partial charge >= 0.3 is 0 Å². The molecule has 0 saturated heterocycles. The molecule has 0 radical (unpaired) electrons. The highest BCUT2D eigenvalue weighted by Gasteiger charge is 2.19. The third-order valence-electron chi connectivity index (χ3n) is 3.37. The van der Waals surface area contributed by atoms with Crippen molar-refractivity contribution in [2.45, 2.75) is 19.9 Å². The molecule has 1 atom stereocenters. The number of benzene rings is 1. The minimum atomic E-state index is 0.270. The van der Waals surface area contributed by atoms with Crippen molar-refractivity contribution in [3.05, 3.63) is 35.0 Å². The van der Waals surface area contributed by atoms with E-state index < -0.39 is 0 Å². The van der Waals surface area contributed by atoms with E-state index in [1.807, 2.05) is 0 Å². The maximum Gasteiger partial charge on any atom is 0.0488 e. The van der Waals surface area contributed by atoms with Crippen molar-refractivity contribution in [2.24, 2.45) is 5.73 Å². The second-order valence-corrected chi connectivity index (χ2v) is 4.93. The lowest BCUT2D eigenvalue weighted by atomic mass is 10.0. The standard InChI is InChI=1S/C14H21N3/c1-9-5-6-11-12(7-9)16-10(2)14(11)13(8-15)17(3)4/h5-7,13,16H,8,15H2,1-4H3. The van der Waals surface area contributed by atoms with Crippen LogP contribution < -0.4 is 5.73 Å². The van der Waals surface area contributed by atoms with Crippen LogP contribution in [-0.2, 0) is 0 Å². The summed E-state index contributed by atoms with van der Waals surface area (Å²) >= 11 is 0. The van der Waals surface area contributed by atoms with Crippen molar-refractivity contribution < 1.29 is 0 Å². The second kappa shape index (κ2) is 4.51. The molecule has 2 aromatic rings. The predicted octanol–water partition coefficient (Wildman–Crippen LogP) is 2.35. The lowest BCUT2D eigenvalue weighted by Crippen LogP contribution is -2.27. The van der Waals surface area contributed by atoms with Crippen molar-refractivity contribution in [1.29, 1.82) is 0 Å². The van der Waals surface area contributed by atoms with E-state index in [2.05, 4.69) is 56.0 Å². The number of nitrogens with one attached hydrogen (secondary N) is 1. The van der Waals surface area contributed by atoms with Gasteiger partial charge in [0, 0.05) is 29.2 Å². The monoisotopic (exact) mass is 231 g/mol. The van der Waals surface area contributed by atoms with E-state index in [-0.39, 0.29) is 6.04 Å². The summed E-state index contributed by atoms with van der Waals surface area (Å²) < 4.78 is 0. The second-order valence-electron chi connectivity index (χ2n) is 4.93. The smallest absolute Gasteiger partial charge is 0.0488 e. The molecule has 2 rings (SSSR count). The minimum absolute atomic E-state index is 0.270. The van der Waals surface area contributed by atoms with Gasteiger partial charge in [-0.05, 0) is 45.1 Å². The first-order valence-electron chi connectivity index (χ1n) is 6.00. The first-order chi connectivity index (χ1) is 8.04. The molecule has 0 aliphatic rings. The van der Waals surface area contributed by atoms with Crippen LogP contribution in [0.2, 0.25) is 0 Å². The molecule has 0 aliphatic heterocycles. The molecule has 1 aromatic carbocycles. The Balaban J connectivity index is 2.63. The molecule has 3 nitrogen and oxygen atoms in total. The molecule has 0 amide bonds. The van der Waals surface area contributed by atoms with Gasteiger partial charge in [-0.25, -0.2) is 0 Å². The van der Waals surface area contributed by atoms with Crippen molar-refractivity contribution in [1.82, 2.24) is 9.88 Å². The van der Waals surface area contributed by atoms with Gasteiger partial charge < -0.3 is 15.6 Å². The van der Waals surface area contributed by atoms with Gasteiger partial charge in [0.2, 0.25) is 0 Å². The van der Waals surface area contributed by atoms with E-state index in [0.717, 1.165) is 0 Å². The van der Waals surface area contributed by atoms with Crippen molar-refractivity contribution in [3.63, 3.8) is 0 Å². The highest BCUT2D eigenvalue weighted by molar-refractivity contribution is 5.85. The van der Waals surface area contributed by atoms with Crippen LogP contribution in [0, 0.1) is 13.8 Å². The number of nitrogens with zero attached hydrogens (tertiary/aromatic N) is 1. The van der Waals surface area contributed by atoms with Crippen LogP contribution >= 0.6 is 0 Å². The number of fused-ring (bicyclic) bond motifs is 1. The molecule has 0 saturated carbocycles. The molecule has 0 fully saturated rings. The molecule has 3 N–H and O–H groups in total. The largest absolute Gasteiger partial charge is 0.358 e. The van der Waals surface area contributed by atoms with E-state index in [1.165, 1.54) is 27.7 Å². The van der Waals surface area contributed by atoms with Crippen LogP contribution in [0.5, 0.6) is 0 Å². The molecule has 3 heteroatoms. The average Bonchev–Trinajstić information content (AvgIpc) is 2.55. The number of aromatic amines is 1. The summed E-state index contributed by atoms with van der Waals surface area (Å²) in [5.41, 5.74) is 10.9. The molecule has 92 valence electrons. The summed E-state index contributed by atoms with van der Waals surface area (Å²) in [6.45, 7) is 4.87. The van der Waals surface area contributed by atoms with Gasteiger partial charge in [0.15, 0.2) is 0 Å². The normalized spacial score (nSPS) is 13.5. The maximum atomic E-state index is 5.90. The molecular weight excluding hydrogens is 210 g/mol. The minimum Gasteiger partial charge on any atom is -0.358 e. The van der Waals surface area contributed by atoms with Crippen LogP contribution in [0.15, 0.2) is 18.2 Å². The fraction of sp³-hybridized carbons (Fsp3) is 0.429. The van der Waals surface area contributed by atoms with Crippen LogP contribution in [0.4, 0.5) is 0 Å². The number of nitrogens with two attached hydrogens (primary N) is 1. The lowest BCUT2D eigenvalue weighted by Gasteiger charge is -2.23. The first-order valence-corrected chi connectivity index (χ1v) is 6.00. The van der Waals surface area contributed by atoms with Gasteiger partial charge in [-0.3, -0.25) is 0 Å². The quantitative estimate of drug-likeness (QED) is 0.851. The van der Waals surface area contributed by atoms with Gasteiger partial charge in [0.1, 0.15) is 0 Å². The van der Waals surface area contributed by atoms with E-state index in [9.17, 15) is 0 Å². The van der Waals surface area contributed by atoms with Crippen molar-refractivity contribution in [2.75, 3.05) is 20.6 Å². The number of H-pyrrole nitrogens is 1. The number of likely N-dealkylation sites (N-methyl/N-ethyl adjacent to an activating group) is 1. The number of hydrogen-bond donors (Lipinski definition) is 2. The molecule has 1 unspecified atom stereocenters. The Morgan fingerprint density at radius 3 is 2.59 bits per heavy atom. The zero-order chi connectivity index (χ0) is 12.6. The number of aryl methyl sites for hydroxylation is 2. The third-order valence-corrected chi connectivity index (χ3v) is 3.37. The summed E-state index contributed by atoms with van der Waals surface area (Å²) in [4.78, 5) is 5.63. The summed E-state index contributed by atoms with van der Waals surface area (Å²) in [5, 5.41) is 1.29. The van der Waals surface area contributed by atoms with Crippen LogP contribution in [-0.4, -0.2) is 30.5 Å². The number of rotatable bonds is 3. The van der Waals surface area contributed by atoms with Gasteiger partial charge in [0.05, 0.1) is 0 Å². The summed E-state index contributed by atoms with van der Waals surface area (Å²) in [6, 6.07) is 6.80. The number of hydrogen-bond acceptors (Lipinski definition) is 2. The van der Waals surface area contributed by atoms with Crippen LogP contribution in [0.3, 0.4) is 0 Å². The van der Waals surface area contributed by atoms with Gasteiger partial charge in [-0.1, -0.05) is 12.1 Å². The fourth-order valence-corrected chi connectivity index (χ4v) is 2.48. The Hall–Kier alpha value is -1.32. The van der Waals surface area contributed by atoms with Gasteiger partial charge in [-0.15, -0.1) is 0 Å². The zero-order valence-electron chi connectivity index (χ0n) is 11.0. The Kier molecular flexibility index (Phi) is 3.22. The highest BCUT2D eigenvalue weighted by Crippen LogP contribution is 2.30. The van der Waals surface area contributed by atoms with Gasteiger partial charge in [0.25, 0.3) is 0 Å². The summed E-state index contributed by atoms with van der Waals surface area (Å²) in [5.74, 6) is 0. The molecule has 17 heavy (non-hydrogen) atoms. The molecule has 1 aromatic heterocycles. The highest BCUT2D eigenvalue weighted by atomic mass is 15.1. The topological polar surface area (TPSA) is 45.0 Å². The predicted molar refractivity (Wildman–Crippen MR) is 73.3 cm³/mol. The third kappa shape index (κ3) is 2.08. The summed E-state index contributed by atoms with van der Waals surface area (Å²) in [6.07, 6.45) is 0. The molecular formula is C14H21N3. The molecule has 0 spiro atoms. The Morgan fingerprint density at radius 1 is 1.29 bits per heavy atom. The van der Waals surface area contributed by atoms with E-state index in [1.54, 1.807) is 0 Å². The van der Waals surface area contributed by atoms with E-state index >= 15 is 0 Å². The zero-order valence-corrected chi connectivity index (χ0v) is 11.0. The summed E-state index contributed by atoms with van der Waals surface area (Å²) in [7, 11) is 4.15. The average molecular weight is 231 g/mol. The molecule has 0 bridgehead atoms. The van der Waals surface area contributed by atoms with Crippen LogP contribution in [0.25, 0.3) is 10.9 Å². The molecule has 0 aliphatic carbocycles. The van der Waals surface area contributed by atoms with Crippen molar-refractivity contribution in [3.8, 4) is 0 Å². The lowest BCUT2D eigenvalue weighted by molar-refractivity contribution is 0.307. The Labute approximate surface area is 103 Å². The van der Waals surface area contributed by atoms with Crippen molar-refractivity contribution >= 4 is 10.9 Å². The molecule has 1 heterocycles. The Bertz CT molecular complexity index is 525. The van der Waals surface area contributed by atoms with Crippen LogP contribution in [0.1, 0.15) is 22.9 Å².